The molecule has 0 aromatic heterocycles. The van der Waals surface area contributed by atoms with E-state index in [4.69, 9.17) is 0 Å². The van der Waals surface area contributed by atoms with Crippen molar-refractivity contribution in [2.75, 3.05) is 20.1 Å². The average molecular weight is 228 g/mol. The number of amides is 1. The van der Waals surface area contributed by atoms with Gasteiger partial charge in [-0.1, -0.05) is 19.3 Å². The lowest BCUT2D eigenvalue weighted by Crippen LogP contribution is -2.42. The van der Waals surface area contributed by atoms with Crippen molar-refractivity contribution < 1.29 is 9.90 Å². The number of nitrogens with one attached hydrogen (secondary N) is 2. The summed E-state index contributed by atoms with van der Waals surface area (Å²) in [7, 11) is 1.65. The summed E-state index contributed by atoms with van der Waals surface area (Å²) in [6.07, 6.45) is 6.73. The third-order valence-corrected chi connectivity index (χ3v) is 3.27. The molecule has 94 valence electrons. The first-order chi connectivity index (χ1) is 7.66. The smallest absolute Gasteiger partial charge is 0.219 e. The second-order valence-electron chi connectivity index (χ2n) is 4.74. The second-order valence-corrected chi connectivity index (χ2v) is 4.74. The number of hydrogen-bond donors (Lipinski definition) is 3. The van der Waals surface area contributed by atoms with Crippen LogP contribution >= 0.6 is 0 Å². The molecule has 4 heteroatoms. The van der Waals surface area contributed by atoms with Crippen LogP contribution in [0.4, 0.5) is 0 Å². The van der Waals surface area contributed by atoms with E-state index in [-0.39, 0.29) is 5.91 Å². The third kappa shape index (κ3) is 4.94. The van der Waals surface area contributed by atoms with Gasteiger partial charge in [-0.3, -0.25) is 4.79 Å². The molecule has 0 spiro atoms. The molecule has 0 saturated heterocycles. The normalized spacial score (nSPS) is 19.4. The third-order valence-electron chi connectivity index (χ3n) is 3.27. The number of aliphatic hydroxyl groups is 1. The van der Waals surface area contributed by atoms with Gasteiger partial charge in [-0.15, -0.1) is 0 Å². The van der Waals surface area contributed by atoms with Gasteiger partial charge in [0.1, 0.15) is 0 Å². The van der Waals surface area contributed by atoms with E-state index in [2.05, 4.69) is 10.6 Å². The summed E-state index contributed by atoms with van der Waals surface area (Å²) in [6, 6.07) is 0. The van der Waals surface area contributed by atoms with Crippen molar-refractivity contribution in [3.05, 3.63) is 0 Å². The molecule has 1 saturated carbocycles. The molecule has 1 rings (SSSR count). The van der Waals surface area contributed by atoms with Gasteiger partial charge < -0.3 is 15.7 Å². The Morgan fingerprint density at radius 1 is 1.31 bits per heavy atom. The largest absolute Gasteiger partial charge is 0.389 e. The first-order valence-corrected chi connectivity index (χ1v) is 6.30. The van der Waals surface area contributed by atoms with Crippen molar-refractivity contribution >= 4 is 5.91 Å². The van der Waals surface area contributed by atoms with Crippen LogP contribution in [0.5, 0.6) is 0 Å². The molecule has 1 fully saturated rings. The second kappa shape index (κ2) is 6.86. The van der Waals surface area contributed by atoms with Crippen LogP contribution in [0.25, 0.3) is 0 Å². The van der Waals surface area contributed by atoms with E-state index in [0.29, 0.717) is 13.0 Å². The van der Waals surface area contributed by atoms with Gasteiger partial charge in [0.2, 0.25) is 5.91 Å². The van der Waals surface area contributed by atoms with Gasteiger partial charge in [-0.05, 0) is 25.8 Å². The number of carbonyl (C=O) groups is 1. The highest BCUT2D eigenvalue weighted by Gasteiger charge is 2.28. The highest BCUT2D eigenvalue weighted by Crippen LogP contribution is 2.27. The SMILES string of the molecule is CNC(=O)CCCNCC1(O)CCCCC1. The number of rotatable bonds is 6. The molecule has 3 N–H and O–H groups in total. The minimum Gasteiger partial charge on any atom is -0.389 e. The molecular weight excluding hydrogens is 204 g/mol. The minimum atomic E-state index is -0.495. The van der Waals surface area contributed by atoms with E-state index >= 15 is 0 Å². The molecule has 0 aromatic carbocycles. The molecule has 0 aliphatic heterocycles. The van der Waals surface area contributed by atoms with Gasteiger partial charge >= 0.3 is 0 Å². The Balaban J connectivity index is 2.03. The predicted octanol–water partition coefficient (Wildman–Crippen LogP) is 0.797. The van der Waals surface area contributed by atoms with Crippen molar-refractivity contribution in [1.82, 2.24) is 10.6 Å². The van der Waals surface area contributed by atoms with Crippen LogP contribution < -0.4 is 10.6 Å². The summed E-state index contributed by atoms with van der Waals surface area (Å²) in [5.41, 5.74) is -0.495. The Morgan fingerprint density at radius 3 is 2.62 bits per heavy atom. The van der Waals surface area contributed by atoms with Crippen molar-refractivity contribution in [3.8, 4) is 0 Å². The Labute approximate surface area is 97.8 Å². The predicted molar refractivity (Wildman–Crippen MR) is 64.2 cm³/mol. The van der Waals surface area contributed by atoms with Crippen molar-refractivity contribution in [1.29, 1.82) is 0 Å². The van der Waals surface area contributed by atoms with E-state index in [1.165, 1.54) is 6.42 Å². The highest BCUT2D eigenvalue weighted by molar-refractivity contribution is 5.75. The molecule has 0 bridgehead atoms. The Morgan fingerprint density at radius 2 is 2.00 bits per heavy atom. The zero-order chi connectivity index (χ0) is 11.9. The van der Waals surface area contributed by atoms with Crippen LogP contribution in [0.2, 0.25) is 0 Å². The lowest BCUT2D eigenvalue weighted by Gasteiger charge is -2.32. The molecule has 0 aromatic rings. The van der Waals surface area contributed by atoms with Crippen molar-refractivity contribution in [2.45, 2.75) is 50.5 Å². The van der Waals surface area contributed by atoms with Crippen LogP contribution in [0, 0.1) is 0 Å². The fraction of sp³-hybridized carbons (Fsp3) is 0.917. The quantitative estimate of drug-likeness (QED) is 0.589. The summed E-state index contributed by atoms with van der Waals surface area (Å²) in [5.74, 6) is 0.0816. The molecule has 1 aliphatic carbocycles. The van der Waals surface area contributed by atoms with Crippen LogP contribution in [-0.4, -0.2) is 36.8 Å². The van der Waals surface area contributed by atoms with E-state index < -0.39 is 5.60 Å². The molecular formula is C12H24N2O2. The number of carbonyl (C=O) groups excluding carboxylic acids is 1. The molecule has 0 heterocycles. The molecule has 0 radical (unpaired) electrons. The maximum absolute atomic E-state index is 11.0. The Kier molecular flexibility index (Phi) is 5.77. The van der Waals surface area contributed by atoms with Crippen molar-refractivity contribution in [2.24, 2.45) is 0 Å². The lowest BCUT2D eigenvalue weighted by atomic mass is 9.85. The zero-order valence-electron chi connectivity index (χ0n) is 10.2. The van der Waals surface area contributed by atoms with Crippen LogP contribution in [-0.2, 0) is 4.79 Å². The maximum Gasteiger partial charge on any atom is 0.219 e. The van der Waals surface area contributed by atoms with Gasteiger partial charge in [0, 0.05) is 20.0 Å². The summed E-state index contributed by atoms with van der Waals surface area (Å²) >= 11 is 0. The topological polar surface area (TPSA) is 61.4 Å². The summed E-state index contributed by atoms with van der Waals surface area (Å²) < 4.78 is 0. The molecule has 1 aliphatic rings. The van der Waals surface area contributed by atoms with E-state index in [0.717, 1.165) is 38.6 Å². The molecule has 4 nitrogen and oxygen atoms in total. The molecule has 0 atom stereocenters. The first-order valence-electron chi connectivity index (χ1n) is 6.30. The summed E-state index contributed by atoms with van der Waals surface area (Å²) in [4.78, 5) is 11.0. The summed E-state index contributed by atoms with van der Waals surface area (Å²) in [6.45, 7) is 1.47. The molecule has 1 amide bonds. The molecule has 16 heavy (non-hydrogen) atoms. The van der Waals surface area contributed by atoms with Crippen LogP contribution in [0.1, 0.15) is 44.9 Å². The standard InChI is InChI=1S/C12H24N2O2/c1-13-11(15)6-5-9-14-10-12(16)7-3-2-4-8-12/h14,16H,2-10H2,1H3,(H,13,15). The minimum absolute atomic E-state index is 0.0816. The Hall–Kier alpha value is -0.610. The van der Waals surface area contributed by atoms with E-state index in [1.807, 2.05) is 0 Å². The highest BCUT2D eigenvalue weighted by atomic mass is 16.3. The van der Waals surface area contributed by atoms with E-state index in [9.17, 15) is 9.90 Å². The molecule has 0 unspecified atom stereocenters. The van der Waals surface area contributed by atoms with Gasteiger partial charge in [-0.2, -0.15) is 0 Å². The van der Waals surface area contributed by atoms with Crippen LogP contribution in [0.3, 0.4) is 0 Å². The number of hydrogen-bond acceptors (Lipinski definition) is 3. The fourth-order valence-electron chi connectivity index (χ4n) is 2.21. The zero-order valence-corrected chi connectivity index (χ0v) is 10.2. The van der Waals surface area contributed by atoms with Gasteiger partial charge in [0.05, 0.1) is 5.60 Å². The van der Waals surface area contributed by atoms with Crippen LogP contribution in [0.15, 0.2) is 0 Å². The Bertz CT molecular complexity index is 213. The van der Waals surface area contributed by atoms with Crippen molar-refractivity contribution in [3.63, 3.8) is 0 Å². The summed E-state index contributed by atoms with van der Waals surface area (Å²) in [5, 5.41) is 16.0. The lowest BCUT2D eigenvalue weighted by molar-refractivity contribution is -0.120. The van der Waals surface area contributed by atoms with E-state index in [1.54, 1.807) is 7.05 Å². The fourth-order valence-corrected chi connectivity index (χ4v) is 2.21. The maximum atomic E-state index is 11.0. The average Bonchev–Trinajstić information content (AvgIpc) is 2.29. The monoisotopic (exact) mass is 228 g/mol. The van der Waals surface area contributed by atoms with Gasteiger partial charge in [0.25, 0.3) is 0 Å². The van der Waals surface area contributed by atoms with Gasteiger partial charge in [-0.25, -0.2) is 0 Å². The first kappa shape index (κ1) is 13.5. The van der Waals surface area contributed by atoms with Gasteiger partial charge in [0.15, 0.2) is 0 Å².